The second-order valence-corrected chi connectivity index (χ2v) is 15.1. The number of rotatable bonds is 11. The van der Waals surface area contributed by atoms with E-state index in [-0.39, 0.29) is 18.6 Å². The fourth-order valence-electron chi connectivity index (χ4n) is 4.33. The van der Waals surface area contributed by atoms with E-state index in [1.54, 1.807) is 29.2 Å². The first-order valence-corrected chi connectivity index (χ1v) is 17.7. The molecule has 1 N–H and O–H groups in total. The summed E-state index contributed by atoms with van der Waals surface area (Å²) >= 11 is 15.6. The van der Waals surface area contributed by atoms with Crippen molar-refractivity contribution in [3.63, 3.8) is 0 Å². The fourth-order valence-corrected chi connectivity index (χ4v) is 8.02. The van der Waals surface area contributed by atoms with Crippen molar-refractivity contribution in [3.8, 4) is 0 Å². The summed E-state index contributed by atoms with van der Waals surface area (Å²) in [4.78, 5) is 3.96. The molecule has 2 aromatic carbocycles. The molecule has 0 unspecified atom stereocenters. The average molecular weight is 648 g/mol. The molecule has 39 heavy (non-hydrogen) atoms. The van der Waals surface area contributed by atoms with Gasteiger partial charge in [0.15, 0.2) is 0 Å². The van der Waals surface area contributed by atoms with Crippen LogP contribution in [0.1, 0.15) is 36.6 Å². The highest BCUT2D eigenvalue weighted by Gasteiger charge is 2.26. The van der Waals surface area contributed by atoms with Gasteiger partial charge in [0.1, 0.15) is 0 Å². The molecule has 0 saturated heterocycles. The maximum absolute atomic E-state index is 11.3. The van der Waals surface area contributed by atoms with Gasteiger partial charge >= 0.3 is 0 Å². The second kappa shape index (κ2) is 12.5. The van der Waals surface area contributed by atoms with Crippen molar-refractivity contribution in [2.24, 2.45) is 0 Å². The Morgan fingerprint density at radius 2 is 1.77 bits per heavy atom. The van der Waals surface area contributed by atoms with Crippen LogP contribution >= 0.6 is 46.3 Å². The second-order valence-electron chi connectivity index (χ2n) is 9.01. The van der Waals surface area contributed by atoms with Crippen molar-refractivity contribution in [1.82, 2.24) is 0 Å². The number of benzene rings is 2. The first-order valence-electron chi connectivity index (χ1n) is 12.1. The van der Waals surface area contributed by atoms with E-state index < -0.39 is 26.0 Å². The number of fused-ring (bicyclic) bond motifs is 2. The first-order chi connectivity index (χ1) is 18.3. The average Bonchev–Trinajstić information content (AvgIpc) is 3.34. The van der Waals surface area contributed by atoms with Crippen LogP contribution in [0, 0.1) is 0 Å². The van der Waals surface area contributed by atoms with Gasteiger partial charge in [0, 0.05) is 36.8 Å². The molecule has 0 aliphatic carbocycles. The Kier molecular flexibility index (Phi) is 9.76. The number of thioether (sulfide) groups is 1. The normalized spacial score (nSPS) is 15.5. The van der Waals surface area contributed by atoms with Crippen molar-refractivity contribution >= 4 is 88.4 Å². The number of hydrogen-bond acceptors (Lipinski definition) is 8. The van der Waals surface area contributed by atoms with E-state index in [1.165, 1.54) is 0 Å². The molecule has 0 amide bonds. The summed E-state index contributed by atoms with van der Waals surface area (Å²) in [5.74, 6) is -0.782. The SMILES string of the molecule is CCC(=Cc1sc2ccc(Cl)cc2c1CCCS(=O)(=O)[O-])/C=C1\Sc2ccc(Cl)cc2N1CCCS(=O)(=O)O. The molecule has 1 aliphatic heterocycles. The zero-order valence-corrected chi connectivity index (χ0v) is 25.7. The molecule has 13 heteroatoms. The van der Waals surface area contributed by atoms with Crippen LogP contribution < -0.4 is 4.90 Å². The molecular weight excluding hydrogens is 621 g/mol. The summed E-state index contributed by atoms with van der Waals surface area (Å²) in [7, 11) is -8.40. The van der Waals surface area contributed by atoms with Gasteiger partial charge in [-0.3, -0.25) is 4.55 Å². The molecule has 0 spiro atoms. The van der Waals surface area contributed by atoms with Crippen molar-refractivity contribution in [2.75, 3.05) is 23.0 Å². The molecule has 0 atom stereocenters. The van der Waals surface area contributed by atoms with Crippen LogP contribution in [0.15, 0.2) is 58.0 Å². The maximum atomic E-state index is 11.3. The van der Waals surface area contributed by atoms with Crippen LogP contribution in [0.25, 0.3) is 16.2 Å². The standard InChI is InChI=1S/C26H27Cl2NO6S4/c1-2-17(13-25-20(5-3-11-38(30,31)32)21-15-18(27)6-8-23(21)36-25)14-26-29(10-4-12-39(33,34)35)22-16-19(28)7-9-24(22)37-26/h6-9,13-16H,2-5,10-12H2,1H3,(H,30,31,32)(H,33,34,35)/p-1/b17-13?,26-14-. The molecule has 1 aliphatic rings. The summed E-state index contributed by atoms with van der Waals surface area (Å²) in [5.41, 5.74) is 2.83. The molecule has 1 aromatic heterocycles. The topological polar surface area (TPSA) is 115 Å². The highest BCUT2D eigenvalue weighted by Crippen LogP contribution is 2.47. The van der Waals surface area contributed by atoms with Gasteiger partial charge in [-0.05, 0) is 90.8 Å². The number of aryl methyl sites for hydroxylation is 1. The van der Waals surface area contributed by atoms with Crippen molar-refractivity contribution in [3.05, 3.63) is 73.6 Å². The summed E-state index contributed by atoms with van der Waals surface area (Å²) in [5, 5.41) is 2.98. The molecule has 0 saturated carbocycles. The predicted molar refractivity (Wildman–Crippen MR) is 162 cm³/mol. The lowest BCUT2D eigenvalue weighted by Gasteiger charge is -2.21. The Hall–Kier alpha value is -1.57. The summed E-state index contributed by atoms with van der Waals surface area (Å²) in [6.45, 7) is 2.41. The number of halogens is 2. The minimum absolute atomic E-state index is 0.209. The van der Waals surface area contributed by atoms with E-state index >= 15 is 0 Å². The van der Waals surface area contributed by atoms with Crippen LogP contribution in [0.5, 0.6) is 0 Å². The van der Waals surface area contributed by atoms with Gasteiger partial charge in [-0.25, -0.2) is 8.42 Å². The highest BCUT2D eigenvalue weighted by atomic mass is 35.5. The minimum atomic E-state index is -4.32. The Bertz CT molecular complexity index is 1660. The molecule has 2 heterocycles. The van der Waals surface area contributed by atoms with Crippen LogP contribution in [0.4, 0.5) is 5.69 Å². The molecule has 7 nitrogen and oxygen atoms in total. The van der Waals surface area contributed by atoms with Crippen molar-refractivity contribution in [1.29, 1.82) is 0 Å². The van der Waals surface area contributed by atoms with Crippen molar-refractivity contribution in [2.45, 2.75) is 37.5 Å². The maximum Gasteiger partial charge on any atom is 0.264 e. The molecule has 210 valence electrons. The molecule has 4 rings (SSSR count). The number of thiophene rings is 1. The van der Waals surface area contributed by atoms with E-state index in [1.807, 2.05) is 42.2 Å². The van der Waals surface area contributed by atoms with E-state index in [0.29, 0.717) is 29.4 Å². The number of anilines is 1. The van der Waals surface area contributed by atoms with Gasteiger partial charge < -0.3 is 9.45 Å². The van der Waals surface area contributed by atoms with Gasteiger partial charge in [-0.15, -0.1) is 11.3 Å². The Morgan fingerprint density at radius 3 is 2.46 bits per heavy atom. The van der Waals surface area contributed by atoms with Crippen molar-refractivity contribution < 1.29 is 25.9 Å². The molecule has 0 radical (unpaired) electrons. The van der Waals surface area contributed by atoms with E-state index in [9.17, 15) is 25.9 Å². The summed E-state index contributed by atoms with van der Waals surface area (Å²) in [6, 6.07) is 11.2. The third kappa shape index (κ3) is 8.23. The lowest BCUT2D eigenvalue weighted by atomic mass is 10.0. The highest BCUT2D eigenvalue weighted by molar-refractivity contribution is 8.03. The predicted octanol–water partition coefficient (Wildman–Crippen LogP) is 7.21. The van der Waals surface area contributed by atoms with Gasteiger partial charge in [0.2, 0.25) is 0 Å². The van der Waals surface area contributed by atoms with Crippen LogP contribution in [-0.2, 0) is 26.7 Å². The van der Waals surface area contributed by atoms with Crippen LogP contribution in [-0.4, -0.2) is 44.0 Å². The largest absolute Gasteiger partial charge is 0.748 e. The van der Waals surface area contributed by atoms with Gasteiger partial charge in [-0.1, -0.05) is 41.9 Å². The summed E-state index contributed by atoms with van der Waals surface area (Å²) in [6.07, 6.45) is 5.68. The summed E-state index contributed by atoms with van der Waals surface area (Å²) < 4.78 is 66.4. The quantitative estimate of drug-likeness (QED) is 0.217. The Balaban J connectivity index is 1.71. The number of nitrogens with zero attached hydrogens (tertiary/aromatic N) is 1. The lowest BCUT2D eigenvalue weighted by Crippen LogP contribution is -2.21. The lowest BCUT2D eigenvalue weighted by molar-refractivity contribution is 0.461. The smallest absolute Gasteiger partial charge is 0.264 e. The zero-order valence-electron chi connectivity index (χ0n) is 20.9. The van der Waals surface area contributed by atoms with Gasteiger partial charge in [0.05, 0.1) is 26.6 Å². The third-order valence-electron chi connectivity index (χ3n) is 6.12. The molecule has 3 aromatic rings. The number of allylic oxidation sites excluding steroid dienone is 2. The van der Waals surface area contributed by atoms with Gasteiger partial charge in [-0.2, -0.15) is 8.42 Å². The van der Waals surface area contributed by atoms with Gasteiger partial charge in [0.25, 0.3) is 10.1 Å². The molecular formula is C26H26Cl2NO6S4-. The third-order valence-corrected chi connectivity index (χ3v) is 10.5. The monoisotopic (exact) mass is 646 g/mol. The Morgan fingerprint density at radius 1 is 1.05 bits per heavy atom. The van der Waals surface area contributed by atoms with E-state index in [0.717, 1.165) is 41.7 Å². The molecule has 0 fully saturated rings. The zero-order chi connectivity index (χ0) is 28.4. The first kappa shape index (κ1) is 30.4. The van der Waals surface area contributed by atoms with Crippen LogP contribution in [0.2, 0.25) is 10.0 Å². The van der Waals surface area contributed by atoms with E-state index in [2.05, 4.69) is 12.2 Å². The van der Waals surface area contributed by atoms with Crippen LogP contribution in [0.3, 0.4) is 0 Å². The number of hydrogen-bond donors (Lipinski definition) is 1. The van der Waals surface area contributed by atoms with E-state index in [4.69, 9.17) is 23.2 Å². The Labute approximate surface area is 247 Å². The molecule has 0 bridgehead atoms. The minimum Gasteiger partial charge on any atom is -0.748 e. The fraction of sp³-hybridized carbons (Fsp3) is 0.308.